The fraction of sp³-hybridized carbons (Fsp3) is 0.500. The van der Waals surface area contributed by atoms with E-state index in [-0.39, 0.29) is 12.0 Å². The van der Waals surface area contributed by atoms with E-state index in [1.165, 1.54) is 0 Å². The van der Waals surface area contributed by atoms with Crippen LogP contribution in [0.3, 0.4) is 0 Å². The SMILES string of the molecule is O=C(CCN1CCCC(O)C1)Nc1cc(Cl)ccc1Cl. The van der Waals surface area contributed by atoms with Crippen LogP contribution in [0.1, 0.15) is 19.3 Å². The third-order valence-corrected chi connectivity index (χ3v) is 3.90. The fourth-order valence-corrected chi connectivity index (χ4v) is 2.64. The number of nitrogens with one attached hydrogen (secondary N) is 1. The first-order chi connectivity index (χ1) is 9.54. The molecule has 1 saturated heterocycles. The largest absolute Gasteiger partial charge is 0.392 e. The van der Waals surface area contributed by atoms with E-state index < -0.39 is 0 Å². The van der Waals surface area contributed by atoms with Crippen LogP contribution >= 0.6 is 23.2 Å². The Morgan fingerprint density at radius 1 is 1.45 bits per heavy atom. The molecule has 1 atom stereocenters. The summed E-state index contributed by atoms with van der Waals surface area (Å²) in [5, 5.41) is 13.3. The van der Waals surface area contributed by atoms with Gasteiger partial charge in [-0.05, 0) is 37.6 Å². The molecule has 1 fully saturated rings. The lowest BCUT2D eigenvalue weighted by atomic mass is 10.1. The van der Waals surface area contributed by atoms with Crippen LogP contribution in [0.15, 0.2) is 18.2 Å². The molecule has 1 aromatic carbocycles. The lowest BCUT2D eigenvalue weighted by Gasteiger charge is -2.29. The van der Waals surface area contributed by atoms with E-state index in [2.05, 4.69) is 10.2 Å². The normalized spacial score (nSPS) is 19.9. The molecular formula is C14H18Cl2N2O2. The standard InChI is InChI=1S/C14H18Cl2N2O2/c15-10-3-4-12(16)13(8-10)17-14(20)5-7-18-6-1-2-11(19)9-18/h3-4,8,11,19H,1-2,5-7,9H2,(H,17,20). The Balaban J connectivity index is 1.82. The van der Waals surface area contributed by atoms with Crippen LogP contribution in [-0.4, -0.2) is 41.7 Å². The number of benzene rings is 1. The first-order valence-corrected chi connectivity index (χ1v) is 7.45. The Morgan fingerprint density at radius 2 is 2.25 bits per heavy atom. The predicted octanol–water partition coefficient (Wildman–Crippen LogP) is 2.78. The maximum Gasteiger partial charge on any atom is 0.225 e. The molecule has 0 saturated carbocycles. The molecule has 0 aliphatic carbocycles. The summed E-state index contributed by atoms with van der Waals surface area (Å²) >= 11 is 11.9. The molecule has 20 heavy (non-hydrogen) atoms. The topological polar surface area (TPSA) is 52.6 Å². The van der Waals surface area contributed by atoms with Gasteiger partial charge in [0, 0.05) is 24.5 Å². The third kappa shape index (κ3) is 4.63. The monoisotopic (exact) mass is 316 g/mol. The van der Waals surface area contributed by atoms with Gasteiger partial charge in [-0.1, -0.05) is 23.2 Å². The molecule has 0 radical (unpaired) electrons. The van der Waals surface area contributed by atoms with Crippen molar-refractivity contribution in [3.8, 4) is 0 Å². The number of aliphatic hydroxyl groups is 1. The van der Waals surface area contributed by atoms with Crippen LogP contribution in [0.4, 0.5) is 5.69 Å². The lowest BCUT2D eigenvalue weighted by Crippen LogP contribution is -2.39. The van der Waals surface area contributed by atoms with E-state index in [4.69, 9.17) is 23.2 Å². The van der Waals surface area contributed by atoms with E-state index in [0.29, 0.717) is 35.2 Å². The third-order valence-electron chi connectivity index (χ3n) is 3.34. The molecule has 1 aliphatic heterocycles. The van der Waals surface area contributed by atoms with Crippen LogP contribution in [0.2, 0.25) is 10.0 Å². The molecule has 1 aliphatic rings. The summed E-state index contributed by atoms with van der Waals surface area (Å²) in [5.74, 6) is -0.103. The van der Waals surface area contributed by atoms with Crippen molar-refractivity contribution < 1.29 is 9.90 Å². The molecule has 1 heterocycles. The molecule has 1 amide bonds. The Bertz CT molecular complexity index is 482. The summed E-state index contributed by atoms with van der Waals surface area (Å²) in [4.78, 5) is 14.0. The highest BCUT2D eigenvalue weighted by Crippen LogP contribution is 2.25. The number of amides is 1. The van der Waals surface area contributed by atoms with Gasteiger partial charge in [0.1, 0.15) is 0 Å². The molecule has 6 heteroatoms. The Labute approximate surface area is 128 Å². The number of halogens is 2. The zero-order valence-corrected chi connectivity index (χ0v) is 12.6. The maximum atomic E-state index is 11.9. The minimum absolute atomic E-state index is 0.103. The summed E-state index contributed by atoms with van der Waals surface area (Å²) in [6, 6.07) is 4.96. The molecule has 2 N–H and O–H groups in total. The summed E-state index contributed by atoms with van der Waals surface area (Å²) in [5.41, 5.74) is 0.530. The maximum absolute atomic E-state index is 11.9. The van der Waals surface area contributed by atoms with E-state index >= 15 is 0 Å². The number of rotatable bonds is 4. The van der Waals surface area contributed by atoms with Gasteiger partial charge in [-0.2, -0.15) is 0 Å². The minimum Gasteiger partial charge on any atom is -0.392 e. The average molecular weight is 317 g/mol. The van der Waals surface area contributed by atoms with Crippen molar-refractivity contribution >= 4 is 34.8 Å². The van der Waals surface area contributed by atoms with Crippen LogP contribution in [0.25, 0.3) is 0 Å². The molecule has 2 rings (SSSR count). The fourth-order valence-electron chi connectivity index (χ4n) is 2.30. The van der Waals surface area contributed by atoms with Crippen molar-refractivity contribution in [2.24, 2.45) is 0 Å². The van der Waals surface area contributed by atoms with Gasteiger partial charge in [0.25, 0.3) is 0 Å². The highest BCUT2D eigenvalue weighted by molar-refractivity contribution is 6.35. The van der Waals surface area contributed by atoms with Crippen molar-refractivity contribution in [3.63, 3.8) is 0 Å². The summed E-state index contributed by atoms with van der Waals surface area (Å²) < 4.78 is 0. The number of aliphatic hydroxyl groups excluding tert-OH is 1. The molecule has 0 aromatic heterocycles. The predicted molar refractivity (Wildman–Crippen MR) is 81.4 cm³/mol. The molecule has 0 bridgehead atoms. The van der Waals surface area contributed by atoms with Crippen molar-refractivity contribution in [2.45, 2.75) is 25.4 Å². The highest BCUT2D eigenvalue weighted by atomic mass is 35.5. The molecule has 1 unspecified atom stereocenters. The summed E-state index contributed by atoms with van der Waals surface area (Å²) in [6.07, 6.45) is 1.92. The number of nitrogens with zero attached hydrogens (tertiary/aromatic N) is 1. The molecule has 110 valence electrons. The number of likely N-dealkylation sites (tertiary alicyclic amines) is 1. The molecule has 1 aromatic rings. The molecule has 4 nitrogen and oxygen atoms in total. The molecule has 0 spiro atoms. The minimum atomic E-state index is -0.269. The van der Waals surface area contributed by atoms with Gasteiger partial charge < -0.3 is 15.3 Å². The van der Waals surface area contributed by atoms with Crippen LogP contribution in [0.5, 0.6) is 0 Å². The zero-order chi connectivity index (χ0) is 14.5. The second kappa shape index (κ2) is 7.27. The van der Waals surface area contributed by atoms with Gasteiger partial charge in [0.05, 0.1) is 16.8 Å². The van der Waals surface area contributed by atoms with E-state index in [9.17, 15) is 9.90 Å². The van der Waals surface area contributed by atoms with Gasteiger partial charge in [0.15, 0.2) is 0 Å². The smallest absolute Gasteiger partial charge is 0.225 e. The summed E-state index contributed by atoms with van der Waals surface area (Å²) in [6.45, 7) is 2.22. The van der Waals surface area contributed by atoms with E-state index in [1.54, 1.807) is 18.2 Å². The number of carbonyl (C=O) groups excluding carboxylic acids is 1. The van der Waals surface area contributed by atoms with Crippen LogP contribution in [-0.2, 0) is 4.79 Å². The Morgan fingerprint density at radius 3 is 3.00 bits per heavy atom. The van der Waals surface area contributed by atoms with Crippen molar-refractivity contribution in [1.29, 1.82) is 0 Å². The van der Waals surface area contributed by atoms with Crippen LogP contribution in [0, 0.1) is 0 Å². The second-order valence-electron chi connectivity index (χ2n) is 5.02. The lowest BCUT2D eigenvalue weighted by molar-refractivity contribution is -0.116. The quantitative estimate of drug-likeness (QED) is 0.898. The number of hydrogen-bond donors (Lipinski definition) is 2. The second-order valence-corrected chi connectivity index (χ2v) is 5.86. The van der Waals surface area contributed by atoms with Gasteiger partial charge in [-0.3, -0.25) is 4.79 Å². The first-order valence-electron chi connectivity index (χ1n) is 6.70. The highest BCUT2D eigenvalue weighted by Gasteiger charge is 2.18. The Hall–Kier alpha value is -0.810. The first kappa shape index (κ1) is 15.6. The van der Waals surface area contributed by atoms with Crippen molar-refractivity contribution in [2.75, 3.05) is 25.0 Å². The van der Waals surface area contributed by atoms with Gasteiger partial charge in [0.2, 0.25) is 5.91 Å². The van der Waals surface area contributed by atoms with Crippen molar-refractivity contribution in [1.82, 2.24) is 4.90 Å². The van der Waals surface area contributed by atoms with Gasteiger partial charge in [-0.25, -0.2) is 0 Å². The zero-order valence-electron chi connectivity index (χ0n) is 11.1. The number of anilines is 1. The van der Waals surface area contributed by atoms with Crippen molar-refractivity contribution in [3.05, 3.63) is 28.2 Å². The van der Waals surface area contributed by atoms with E-state index in [0.717, 1.165) is 19.4 Å². The van der Waals surface area contributed by atoms with Gasteiger partial charge in [-0.15, -0.1) is 0 Å². The number of β-amino-alcohol motifs (C(OH)–C–C–N with tert-alkyl or cyclic N) is 1. The number of carbonyl (C=O) groups is 1. The summed E-state index contributed by atoms with van der Waals surface area (Å²) in [7, 11) is 0. The number of piperidine rings is 1. The Kier molecular flexibility index (Phi) is 5.66. The average Bonchev–Trinajstić information content (AvgIpc) is 2.41. The number of hydrogen-bond acceptors (Lipinski definition) is 3. The van der Waals surface area contributed by atoms with Crippen LogP contribution < -0.4 is 5.32 Å². The molecular weight excluding hydrogens is 299 g/mol. The van der Waals surface area contributed by atoms with E-state index in [1.807, 2.05) is 0 Å². The van der Waals surface area contributed by atoms with Gasteiger partial charge >= 0.3 is 0 Å².